The van der Waals surface area contributed by atoms with Crippen LogP contribution in [0.4, 0.5) is 0 Å². The monoisotopic (exact) mass is 268 g/mol. The summed E-state index contributed by atoms with van der Waals surface area (Å²) in [7, 11) is -2.39. The Kier molecular flexibility index (Phi) is 2.97. The number of hydrogen-bond acceptors (Lipinski definition) is 4. The lowest BCUT2D eigenvalue weighted by Gasteiger charge is -2.25. The van der Waals surface area contributed by atoms with Crippen LogP contribution in [0.5, 0.6) is 11.5 Å². The van der Waals surface area contributed by atoms with Gasteiger partial charge in [-0.1, -0.05) is 23.7 Å². The van der Waals surface area contributed by atoms with Crippen LogP contribution in [-0.2, 0) is 4.52 Å². The number of rotatable bonds is 2. The van der Waals surface area contributed by atoms with E-state index in [0.29, 0.717) is 18.7 Å². The van der Waals surface area contributed by atoms with Gasteiger partial charge < -0.3 is 0 Å². The Morgan fingerprint density at radius 1 is 1.28 bits per heavy atom. The number of benzene rings is 1. The molecule has 18 heavy (non-hydrogen) atoms. The molecule has 0 aromatic heterocycles. The highest BCUT2D eigenvalue weighted by Gasteiger charge is 2.68. The third kappa shape index (κ3) is 1.71. The molecule has 1 unspecified atom stereocenters. The van der Waals surface area contributed by atoms with Crippen LogP contribution in [0.25, 0.3) is 0 Å². The minimum absolute atomic E-state index is 0.347. The minimum Gasteiger partial charge on any atom is -0.259 e. The summed E-state index contributed by atoms with van der Waals surface area (Å²) < 4.78 is 20.3. The predicted octanol–water partition coefficient (Wildman–Crippen LogP) is 3.65. The zero-order valence-electron chi connectivity index (χ0n) is 11.0. The van der Waals surface area contributed by atoms with Crippen LogP contribution >= 0.6 is 8.09 Å². The molecule has 1 saturated heterocycles. The average Bonchev–Trinajstić information content (AvgIpc) is 2.89. The molecular formula is C13H19NO3P+. The van der Waals surface area contributed by atoms with Crippen molar-refractivity contribution in [3.8, 4) is 11.5 Å². The normalized spacial score (nSPS) is 25.2. The van der Waals surface area contributed by atoms with E-state index in [1.807, 2.05) is 24.3 Å². The van der Waals surface area contributed by atoms with Crippen LogP contribution in [-0.4, -0.2) is 23.4 Å². The van der Waals surface area contributed by atoms with Crippen LogP contribution in [0.3, 0.4) is 0 Å². The van der Waals surface area contributed by atoms with Gasteiger partial charge in [0.05, 0.1) is 6.04 Å². The van der Waals surface area contributed by atoms with Crippen LogP contribution in [0.2, 0.25) is 0 Å². The molecule has 1 fully saturated rings. The van der Waals surface area contributed by atoms with Crippen molar-refractivity contribution in [2.75, 3.05) is 6.61 Å². The van der Waals surface area contributed by atoms with E-state index in [2.05, 4.69) is 25.4 Å². The fourth-order valence-corrected chi connectivity index (χ4v) is 5.37. The maximum absolute atomic E-state index is 6.05. The summed E-state index contributed by atoms with van der Waals surface area (Å²) >= 11 is 0. The molecule has 98 valence electrons. The fraction of sp³-hybridized carbons (Fsp3) is 0.538. The van der Waals surface area contributed by atoms with Gasteiger partial charge in [0.1, 0.15) is 6.61 Å². The van der Waals surface area contributed by atoms with E-state index in [-0.39, 0.29) is 0 Å². The van der Waals surface area contributed by atoms with Crippen LogP contribution in [0.1, 0.15) is 27.2 Å². The molecule has 0 saturated carbocycles. The first-order valence-corrected chi connectivity index (χ1v) is 7.96. The van der Waals surface area contributed by atoms with Gasteiger partial charge in [0, 0.05) is 6.04 Å². The zero-order chi connectivity index (χ0) is 12.8. The second-order valence-corrected chi connectivity index (χ2v) is 6.95. The van der Waals surface area contributed by atoms with Gasteiger partial charge in [0.25, 0.3) is 0 Å². The highest BCUT2D eigenvalue weighted by molar-refractivity contribution is 7.60. The van der Waals surface area contributed by atoms with Crippen molar-refractivity contribution in [3.05, 3.63) is 24.3 Å². The van der Waals surface area contributed by atoms with Gasteiger partial charge in [0.15, 0.2) is 0 Å². The molecule has 4 nitrogen and oxygen atoms in total. The molecule has 0 amide bonds. The quantitative estimate of drug-likeness (QED) is 0.766. The number of para-hydroxylation sites is 2. The molecule has 3 rings (SSSR count). The van der Waals surface area contributed by atoms with E-state index >= 15 is 0 Å². The van der Waals surface area contributed by atoms with Crippen molar-refractivity contribution in [3.63, 3.8) is 0 Å². The Morgan fingerprint density at radius 2 is 1.89 bits per heavy atom. The average molecular weight is 268 g/mol. The first kappa shape index (κ1) is 12.2. The summed E-state index contributed by atoms with van der Waals surface area (Å²) in [5.41, 5.74) is 0. The lowest BCUT2D eigenvalue weighted by molar-refractivity contribution is 0.268. The molecule has 1 aromatic carbocycles. The first-order valence-electron chi connectivity index (χ1n) is 6.47. The second kappa shape index (κ2) is 4.37. The van der Waals surface area contributed by atoms with Gasteiger partial charge >= 0.3 is 8.09 Å². The molecule has 2 aliphatic heterocycles. The van der Waals surface area contributed by atoms with Gasteiger partial charge in [-0.3, -0.25) is 9.05 Å². The topological polar surface area (TPSA) is 30.9 Å². The Morgan fingerprint density at radius 3 is 2.39 bits per heavy atom. The van der Waals surface area contributed by atoms with Crippen molar-refractivity contribution in [2.45, 2.75) is 39.3 Å². The first-order chi connectivity index (χ1) is 8.66. The fourth-order valence-electron chi connectivity index (χ4n) is 2.55. The predicted molar refractivity (Wildman–Crippen MR) is 71.6 cm³/mol. The van der Waals surface area contributed by atoms with Crippen molar-refractivity contribution in [1.82, 2.24) is 4.67 Å². The largest absolute Gasteiger partial charge is 0.595 e. The highest BCUT2D eigenvalue weighted by Crippen LogP contribution is 2.73. The van der Waals surface area contributed by atoms with Gasteiger partial charge in [-0.25, -0.2) is 0 Å². The van der Waals surface area contributed by atoms with Crippen molar-refractivity contribution < 1.29 is 13.6 Å². The van der Waals surface area contributed by atoms with E-state index in [9.17, 15) is 0 Å². The zero-order valence-corrected chi connectivity index (χ0v) is 11.9. The molecule has 2 heterocycles. The van der Waals surface area contributed by atoms with Gasteiger partial charge in [-0.15, -0.1) is 4.52 Å². The molecule has 1 atom stereocenters. The lowest BCUT2D eigenvalue weighted by Crippen LogP contribution is -2.37. The standard InChI is InChI=1S/C13H19NO3P/c1-4-11-9-15-18(14(11)10(2)3)16-12-7-5-6-8-13(12)17-18/h5-8,10-11H,4,9H2,1-3H3/q+1. The molecular weight excluding hydrogens is 249 g/mol. The maximum atomic E-state index is 6.05. The molecule has 0 aliphatic carbocycles. The molecule has 1 spiro atoms. The molecule has 0 bridgehead atoms. The van der Waals surface area contributed by atoms with Crippen molar-refractivity contribution >= 4 is 8.09 Å². The molecule has 0 N–H and O–H groups in total. The number of nitrogens with zero attached hydrogens (tertiary/aromatic N) is 1. The van der Waals surface area contributed by atoms with Crippen LogP contribution in [0, 0.1) is 0 Å². The third-order valence-corrected chi connectivity index (χ3v) is 6.05. The van der Waals surface area contributed by atoms with Gasteiger partial charge in [0.2, 0.25) is 11.5 Å². The Bertz CT molecular complexity index is 427. The highest BCUT2D eigenvalue weighted by atomic mass is 31.2. The summed E-state index contributed by atoms with van der Waals surface area (Å²) in [4.78, 5) is 0. The van der Waals surface area contributed by atoms with E-state index in [1.165, 1.54) is 0 Å². The molecule has 5 heteroatoms. The van der Waals surface area contributed by atoms with E-state index in [0.717, 1.165) is 17.9 Å². The summed E-state index contributed by atoms with van der Waals surface area (Å²) in [5.74, 6) is 1.60. The smallest absolute Gasteiger partial charge is 0.259 e. The van der Waals surface area contributed by atoms with Crippen LogP contribution in [0.15, 0.2) is 24.3 Å². The lowest BCUT2D eigenvalue weighted by atomic mass is 10.2. The summed E-state index contributed by atoms with van der Waals surface area (Å²) in [6, 6.07) is 8.51. The second-order valence-electron chi connectivity index (χ2n) is 4.93. The Balaban J connectivity index is 1.93. The SMILES string of the molecule is CCC1CO[P+]2(Oc3ccccc3O2)N1C(C)C. The molecule has 1 aromatic rings. The van der Waals surface area contributed by atoms with E-state index in [1.54, 1.807) is 0 Å². The Hall–Kier alpha value is -0.830. The van der Waals surface area contributed by atoms with Crippen molar-refractivity contribution in [2.24, 2.45) is 0 Å². The van der Waals surface area contributed by atoms with E-state index in [4.69, 9.17) is 13.6 Å². The Labute approximate surface area is 108 Å². The minimum atomic E-state index is -2.39. The van der Waals surface area contributed by atoms with Crippen LogP contribution < -0.4 is 9.05 Å². The number of fused-ring (bicyclic) bond motifs is 1. The summed E-state index contributed by atoms with van der Waals surface area (Å²) in [6.07, 6.45) is 1.04. The molecule has 0 radical (unpaired) electrons. The summed E-state index contributed by atoms with van der Waals surface area (Å²) in [6.45, 7) is 7.19. The number of hydrogen-bond donors (Lipinski definition) is 0. The third-order valence-electron chi connectivity index (χ3n) is 3.36. The molecule has 2 aliphatic rings. The summed E-state index contributed by atoms with van der Waals surface area (Å²) in [5, 5.41) is 0. The van der Waals surface area contributed by atoms with Gasteiger partial charge in [-0.05, 0) is 32.4 Å². The van der Waals surface area contributed by atoms with Crippen molar-refractivity contribution in [1.29, 1.82) is 0 Å². The van der Waals surface area contributed by atoms with Gasteiger partial charge in [-0.2, -0.15) is 0 Å². The maximum Gasteiger partial charge on any atom is 0.595 e. The van der Waals surface area contributed by atoms with E-state index < -0.39 is 8.09 Å².